The molecular formula is C13H23N3O. The Hall–Kier alpha value is -0.870. The fourth-order valence-corrected chi connectivity index (χ4v) is 1.71. The average molecular weight is 237 g/mol. The number of nitrogens with zero attached hydrogens (tertiary/aromatic N) is 1. The molecule has 1 aliphatic rings. The molecule has 2 N–H and O–H groups in total. The van der Waals surface area contributed by atoms with E-state index in [1.54, 1.807) is 0 Å². The van der Waals surface area contributed by atoms with Crippen LogP contribution in [-0.4, -0.2) is 23.8 Å². The van der Waals surface area contributed by atoms with Crippen molar-refractivity contribution < 1.29 is 4.52 Å². The van der Waals surface area contributed by atoms with Gasteiger partial charge in [-0.3, -0.25) is 0 Å². The Kier molecular flexibility index (Phi) is 3.84. The second-order valence-electron chi connectivity index (χ2n) is 5.85. The number of nitrogens with one attached hydrogen (secondary N) is 2. The lowest BCUT2D eigenvalue weighted by Crippen LogP contribution is -2.40. The number of hydrogen-bond donors (Lipinski definition) is 2. The number of aromatic nitrogens is 1. The highest BCUT2D eigenvalue weighted by molar-refractivity contribution is 5.14. The molecule has 0 bridgehead atoms. The Morgan fingerprint density at radius 1 is 1.35 bits per heavy atom. The summed E-state index contributed by atoms with van der Waals surface area (Å²) in [4.78, 5) is 0. The normalized spacial score (nSPS) is 16.4. The van der Waals surface area contributed by atoms with Gasteiger partial charge in [0.05, 0.1) is 5.69 Å². The van der Waals surface area contributed by atoms with Crippen LogP contribution in [-0.2, 0) is 6.54 Å². The van der Waals surface area contributed by atoms with Crippen LogP contribution in [0, 0.1) is 0 Å². The van der Waals surface area contributed by atoms with Crippen molar-refractivity contribution in [3.05, 3.63) is 17.5 Å². The van der Waals surface area contributed by atoms with E-state index >= 15 is 0 Å². The van der Waals surface area contributed by atoms with Gasteiger partial charge in [-0.1, -0.05) is 5.16 Å². The standard InChI is InChI=1S/C13H23N3O/c1-13(2,3)15-7-6-14-9-11-8-12(17-16-11)10-4-5-10/h8,10,14-15H,4-7,9H2,1-3H3. The summed E-state index contributed by atoms with van der Waals surface area (Å²) in [5.41, 5.74) is 1.21. The molecule has 1 aromatic rings. The minimum absolute atomic E-state index is 0.189. The number of rotatable bonds is 6. The maximum absolute atomic E-state index is 5.29. The molecule has 0 amide bonds. The fourth-order valence-electron chi connectivity index (χ4n) is 1.71. The van der Waals surface area contributed by atoms with Crippen molar-refractivity contribution in [2.75, 3.05) is 13.1 Å². The first-order valence-corrected chi connectivity index (χ1v) is 6.46. The van der Waals surface area contributed by atoms with Crippen molar-refractivity contribution in [1.29, 1.82) is 0 Å². The smallest absolute Gasteiger partial charge is 0.140 e. The summed E-state index contributed by atoms with van der Waals surface area (Å²) < 4.78 is 5.29. The third kappa shape index (κ3) is 4.48. The van der Waals surface area contributed by atoms with Crippen LogP contribution in [0.2, 0.25) is 0 Å². The van der Waals surface area contributed by atoms with E-state index < -0.39 is 0 Å². The van der Waals surface area contributed by atoms with E-state index in [4.69, 9.17) is 4.52 Å². The van der Waals surface area contributed by atoms with Gasteiger partial charge in [-0.05, 0) is 33.6 Å². The van der Waals surface area contributed by atoms with Crippen LogP contribution in [0.5, 0.6) is 0 Å². The van der Waals surface area contributed by atoms with E-state index in [2.05, 4.69) is 42.6 Å². The SMILES string of the molecule is CC(C)(C)NCCNCc1cc(C2CC2)on1. The van der Waals surface area contributed by atoms with Crippen LogP contribution in [0.25, 0.3) is 0 Å². The molecule has 96 valence electrons. The summed E-state index contributed by atoms with van der Waals surface area (Å²) in [6.45, 7) is 9.23. The molecular weight excluding hydrogens is 214 g/mol. The van der Waals surface area contributed by atoms with Crippen LogP contribution in [0.4, 0.5) is 0 Å². The van der Waals surface area contributed by atoms with Gasteiger partial charge in [0.25, 0.3) is 0 Å². The molecule has 4 heteroatoms. The van der Waals surface area contributed by atoms with Gasteiger partial charge in [-0.25, -0.2) is 0 Å². The largest absolute Gasteiger partial charge is 0.361 e. The van der Waals surface area contributed by atoms with Crippen molar-refractivity contribution in [2.24, 2.45) is 0 Å². The molecule has 0 spiro atoms. The van der Waals surface area contributed by atoms with E-state index in [0.29, 0.717) is 5.92 Å². The van der Waals surface area contributed by atoms with Crippen LogP contribution in [0.3, 0.4) is 0 Å². The summed E-state index contributed by atoms with van der Waals surface area (Å²) >= 11 is 0. The first-order valence-electron chi connectivity index (χ1n) is 6.46. The third-order valence-electron chi connectivity index (χ3n) is 2.82. The van der Waals surface area contributed by atoms with Gasteiger partial charge in [-0.2, -0.15) is 0 Å². The Labute approximate surface area is 103 Å². The lowest BCUT2D eigenvalue weighted by atomic mass is 10.1. The minimum Gasteiger partial charge on any atom is -0.361 e. The Morgan fingerprint density at radius 3 is 2.76 bits per heavy atom. The molecule has 1 aliphatic carbocycles. The van der Waals surface area contributed by atoms with Gasteiger partial charge in [-0.15, -0.1) is 0 Å². The van der Waals surface area contributed by atoms with Gasteiger partial charge in [0.15, 0.2) is 0 Å². The van der Waals surface area contributed by atoms with Gasteiger partial charge in [0.2, 0.25) is 0 Å². The summed E-state index contributed by atoms with van der Waals surface area (Å²) in [6, 6.07) is 2.09. The molecule has 0 saturated heterocycles. The fraction of sp³-hybridized carbons (Fsp3) is 0.769. The second-order valence-corrected chi connectivity index (χ2v) is 5.85. The summed E-state index contributed by atoms with van der Waals surface area (Å²) in [7, 11) is 0. The van der Waals surface area contributed by atoms with Gasteiger partial charge < -0.3 is 15.2 Å². The molecule has 1 fully saturated rings. The van der Waals surface area contributed by atoms with E-state index in [1.165, 1.54) is 12.8 Å². The highest BCUT2D eigenvalue weighted by atomic mass is 16.5. The Balaban J connectivity index is 1.61. The second kappa shape index (κ2) is 5.19. The van der Waals surface area contributed by atoms with E-state index in [9.17, 15) is 0 Å². The molecule has 0 aromatic carbocycles. The van der Waals surface area contributed by atoms with E-state index in [-0.39, 0.29) is 5.54 Å². The third-order valence-corrected chi connectivity index (χ3v) is 2.82. The van der Waals surface area contributed by atoms with Crippen LogP contribution < -0.4 is 10.6 Å². The molecule has 1 heterocycles. The van der Waals surface area contributed by atoms with Crippen LogP contribution in [0.1, 0.15) is 51.0 Å². The van der Waals surface area contributed by atoms with Crippen molar-refractivity contribution in [1.82, 2.24) is 15.8 Å². The van der Waals surface area contributed by atoms with Gasteiger partial charge in [0.1, 0.15) is 5.76 Å². The zero-order chi connectivity index (χ0) is 12.3. The molecule has 0 atom stereocenters. The van der Waals surface area contributed by atoms with E-state index in [0.717, 1.165) is 31.1 Å². The van der Waals surface area contributed by atoms with Crippen molar-refractivity contribution in [2.45, 2.75) is 51.6 Å². The van der Waals surface area contributed by atoms with Gasteiger partial charge >= 0.3 is 0 Å². The topological polar surface area (TPSA) is 50.1 Å². The Bertz CT molecular complexity index is 350. The highest BCUT2D eigenvalue weighted by Crippen LogP contribution is 2.40. The molecule has 0 radical (unpaired) electrons. The quantitative estimate of drug-likeness (QED) is 0.743. The highest BCUT2D eigenvalue weighted by Gasteiger charge is 2.27. The zero-order valence-corrected chi connectivity index (χ0v) is 11.0. The van der Waals surface area contributed by atoms with Crippen molar-refractivity contribution >= 4 is 0 Å². The first-order chi connectivity index (χ1) is 8.04. The van der Waals surface area contributed by atoms with Crippen LogP contribution >= 0.6 is 0 Å². The Morgan fingerprint density at radius 2 is 2.12 bits per heavy atom. The number of hydrogen-bond acceptors (Lipinski definition) is 4. The maximum Gasteiger partial charge on any atom is 0.140 e. The lowest BCUT2D eigenvalue weighted by molar-refractivity contribution is 0.375. The molecule has 17 heavy (non-hydrogen) atoms. The molecule has 0 unspecified atom stereocenters. The summed E-state index contributed by atoms with van der Waals surface area (Å²) in [6.07, 6.45) is 2.52. The molecule has 4 nitrogen and oxygen atoms in total. The molecule has 1 aromatic heterocycles. The van der Waals surface area contributed by atoms with Crippen molar-refractivity contribution in [3.63, 3.8) is 0 Å². The molecule has 0 aliphatic heterocycles. The predicted molar refractivity (Wildman–Crippen MR) is 67.9 cm³/mol. The molecule has 2 rings (SSSR count). The first kappa shape index (κ1) is 12.6. The zero-order valence-electron chi connectivity index (χ0n) is 11.0. The van der Waals surface area contributed by atoms with Crippen molar-refractivity contribution in [3.8, 4) is 0 Å². The van der Waals surface area contributed by atoms with Gasteiger partial charge in [0, 0.05) is 37.2 Å². The molecule has 1 saturated carbocycles. The maximum atomic E-state index is 5.29. The minimum atomic E-state index is 0.189. The van der Waals surface area contributed by atoms with Crippen LogP contribution in [0.15, 0.2) is 10.6 Å². The summed E-state index contributed by atoms with van der Waals surface area (Å²) in [5, 5.41) is 10.9. The predicted octanol–water partition coefficient (Wildman–Crippen LogP) is 2.03. The summed E-state index contributed by atoms with van der Waals surface area (Å²) in [5.74, 6) is 1.72. The average Bonchev–Trinajstić information content (AvgIpc) is 2.97. The lowest BCUT2D eigenvalue weighted by Gasteiger charge is -2.20. The monoisotopic (exact) mass is 237 g/mol. The van der Waals surface area contributed by atoms with E-state index in [1.807, 2.05) is 0 Å².